The van der Waals surface area contributed by atoms with Crippen LogP contribution in [0.1, 0.15) is 19.5 Å². The summed E-state index contributed by atoms with van der Waals surface area (Å²) in [6.07, 6.45) is 1.73. The number of nitrogens with zero attached hydrogens (tertiary/aromatic N) is 2. The standard InChI is InChI=1S/C17H24BrN3O/c1-17(2,12-21(3)4)11-19-9-15-10-22-16(20-15)13-5-7-14(18)8-6-13/h5-8,10,19H,9,11-12H2,1-4H3. The lowest BCUT2D eigenvalue weighted by atomic mass is 9.93. The van der Waals surface area contributed by atoms with E-state index in [4.69, 9.17) is 4.42 Å². The van der Waals surface area contributed by atoms with Crippen molar-refractivity contribution >= 4 is 15.9 Å². The Bertz CT molecular complexity index is 590. The molecule has 4 nitrogen and oxygen atoms in total. The van der Waals surface area contributed by atoms with Crippen LogP contribution in [-0.4, -0.2) is 37.1 Å². The van der Waals surface area contributed by atoms with Gasteiger partial charge in [0.1, 0.15) is 6.26 Å². The molecule has 120 valence electrons. The van der Waals surface area contributed by atoms with Crippen molar-refractivity contribution in [1.29, 1.82) is 0 Å². The van der Waals surface area contributed by atoms with Crippen LogP contribution in [-0.2, 0) is 6.54 Å². The fourth-order valence-corrected chi connectivity index (χ4v) is 2.82. The third kappa shape index (κ3) is 5.23. The molecule has 0 spiro atoms. The molecule has 1 N–H and O–H groups in total. The van der Waals surface area contributed by atoms with Crippen LogP contribution in [0.5, 0.6) is 0 Å². The number of halogens is 1. The molecule has 0 saturated carbocycles. The summed E-state index contributed by atoms with van der Waals surface area (Å²) in [4.78, 5) is 6.75. The van der Waals surface area contributed by atoms with Crippen molar-refractivity contribution in [1.82, 2.24) is 15.2 Å². The van der Waals surface area contributed by atoms with Gasteiger partial charge in [0.15, 0.2) is 0 Å². The molecule has 0 atom stereocenters. The number of hydrogen-bond donors (Lipinski definition) is 1. The number of aromatic nitrogens is 1. The van der Waals surface area contributed by atoms with Crippen LogP contribution in [0.25, 0.3) is 11.5 Å². The number of hydrogen-bond acceptors (Lipinski definition) is 4. The normalized spacial score (nSPS) is 12.1. The maximum absolute atomic E-state index is 5.56. The maximum Gasteiger partial charge on any atom is 0.226 e. The van der Waals surface area contributed by atoms with Crippen molar-refractivity contribution in [3.63, 3.8) is 0 Å². The molecule has 0 amide bonds. The van der Waals surface area contributed by atoms with Crippen molar-refractivity contribution in [2.45, 2.75) is 20.4 Å². The highest BCUT2D eigenvalue weighted by atomic mass is 79.9. The average molecular weight is 366 g/mol. The van der Waals surface area contributed by atoms with E-state index in [0.717, 1.165) is 35.4 Å². The molecule has 0 saturated heterocycles. The molecule has 2 rings (SSSR count). The summed E-state index contributed by atoms with van der Waals surface area (Å²) in [6.45, 7) is 7.22. The molecule has 1 heterocycles. The van der Waals surface area contributed by atoms with Crippen LogP contribution in [0.4, 0.5) is 0 Å². The minimum Gasteiger partial charge on any atom is -0.444 e. The van der Waals surface area contributed by atoms with Gasteiger partial charge in [-0.3, -0.25) is 0 Å². The van der Waals surface area contributed by atoms with E-state index in [1.807, 2.05) is 24.3 Å². The molecule has 0 radical (unpaired) electrons. The van der Waals surface area contributed by atoms with Gasteiger partial charge in [0.05, 0.1) is 5.69 Å². The minimum atomic E-state index is 0.224. The van der Waals surface area contributed by atoms with E-state index in [1.165, 1.54) is 0 Å². The third-order valence-electron chi connectivity index (χ3n) is 3.30. The molecule has 0 aliphatic carbocycles. The quantitative estimate of drug-likeness (QED) is 0.810. The molecule has 22 heavy (non-hydrogen) atoms. The highest BCUT2D eigenvalue weighted by Crippen LogP contribution is 2.21. The predicted octanol–water partition coefficient (Wildman–Crippen LogP) is 3.78. The van der Waals surface area contributed by atoms with Crippen LogP contribution in [0.2, 0.25) is 0 Å². The molecule has 0 aliphatic rings. The van der Waals surface area contributed by atoms with Crippen LogP contribution < -0.4 is 5.32 Å². The molecule has 2 aromatic rings. The predicted molar refractivity (Wildman–Crippen MR) is 93.7 cm³/mol. The van der Waals surface area contributed by atoms with Gasteiger partial charge in [-0.05, 0) is 43.8 Å². The van der Waals surface area contributed by atoms with Gasteiger partial charge in [0.2, 0.25) is 5.89 Å². The SMILES string of the molecule is CN(C)CC(C)(C)CNCc1coc(-c2ccc(Br)cc2)n1. The van der Waals surface area contributed by atoms with Crippen molar-refractivity contribution in [3.05, 3.63) is 40.7 Å². The first-order valence-corrected chi connectivity index (χ1v) is 8.21. The zero-order valence-electron chi connectivity index (χ0n) is 13.7. The minimum absolute atomic E-state index is 0.224. The van der Waals surface area contributed by atoms with Gasteiger partial charge < -0.3 is 14.6 Å². The maximum atomic E-state index is 5.56. The van der Waals surface area contributed by atoms with E-state index in [0.29, 0.717) is 5.89 Å². The summed E-state index contributed by atoms with van der Waals surface area (Å²) in [5.41, 5.74) is 2.14. The molecule has 5 heteroatoms. The van der Waals surface area contributed by atoms with Crippen molar-refractivity contribution in [3.8, 4) is 11.5 Å². The Labute approximate surface area is 141 Å². The average Bonchev–Trinajstić information content (AvgIpc) is 2.86. The van der Waals surface area contributed by atoms with Crippen LogP contribution in [0, 0.1) is 5.41 Å². The molecular weight excluding hydrogens is 342 g/mol. The Morgan fingerprint density at radius 1 is 1.23 bits per heavy atom. The summed E-state index contributed by atoms with van der Waals surface area (Å²) in [7, 11) is 4.20. The van der Waals surface area contributed by atoms with Crippen molar-refractivity contribution in [2.24, 2.45) is 5.41 Å². The largest absolute Gasteiger partial charge is 0.444 e. The van der Waals surface area contributed by atoms with E-state index < -0.39 is 0 Å². The third-order valence-corrected chi connectivity index (χ3v) is 3.83. The van der Waals surface area contributed by atoms with E-state index in [2.05, 4.69) is 59.1 Å². The Balaban J connectivity index is 1.89. The second-order valence-electron chi connectivity index (χ2n) is 6.66. The molecular formula is C17H24BrN3O. The van der Waals surface area contributed by atoms with Gasteiger partial charge in [-0.2, -0.15) is 0 Å². The fourth-order valence-electron chi connectivity index (χ4n) is 2.55. The Kier molecular flexibility index (Phi) is 5.78. The van der Waals surface area contributed by atoms with Gasteiger partial charge in [-0.15, -0.1) is 0 Å². The number of rotatable bonds is 7. The lowest BCUT2D eigenvalue weighted by Gasteiger charge is -2.28. The van der Waals surface area contributed by atoms with E-state index in [9.17, 15) is 0 Å². The zero-order chi connectivity index (χ0) is 16.2. The second kappa shape index (κ2) is 7.40. The summed E-state index contributed by atoms with van der Waals surface area (Å²) < 4.78 is 6.61. The Morgan fingerprint density at radius 3 is 2.55 bits per heavy atom. The van der Waals surface area contributed by atoms with Gasteiger partial charge in [-0.25, -0.2) is 4.98 Å². The lowest BCUT2D eigenvalue weighted by Crippen LogP contribution is -2.37. The van der Waals surface area contributed by atoms with Crippen molar-refractivity contribution < 1.29 is 4.42 Å². The molecule has 1 aromatic carbocycles. The first kappa shape index (κ1) is 17.2. The Morgan fingerprint density at radius 2 is 1.91 bits per heavy atom. The van der Waals surface area contributed by atoms with Gasteiger partial charge in [-0.1, -0.05) is 29.8 Å². The van der Waals surface area contributed by atoms with Crippen LogP contribution in [0.3, 0.4) is 0 Å². The number of oxazole rings is 1. The molecule has 0 unspecified atom stereocenters. The second-order valence-corrected chi connectivity index (χ2v) is 7.57. The lowest BCUT2D eigenvalue weighted by molar-refractivity contribution is 0.232. The van der Waals surface area contributed by atoms with E-state index in [-0.39, 0.29) is 5.41 Å². The fraction of sp³-hybridized carbons (Fsp3) is 0.471. The van der Waals surface area contributed by atoms with E-state index in [1.54, 1.807) is 6.26 Å². The molecule has 0 fully saturated rings. The molecule has 0 bridgehead atoms. The highest BCUT2D eigenvalue weighted by Gasteiger charge is 2.18. The Hall–Kier alpha value is -1.17. The monoisotopic (exact) mass is 365 g/mol. The smallest absolute Gasteiger partial charge is 0.226 e. The summed E-state index contributed by atoms with van der Waals surface area (Å²) in [6, 6.07) is 7.96. The van der Waals surface area contributed by atoms with Crippen molar-refractivity contribution in [2.75, 3.05) is 27.2 Å². The first-order chi connectivity index (χ1) is 10.4. The van der Waals surface area contributed by atoms with Gasteiger partial charge in [0, 0.05) is 29.7 Å². The van der Waals surface area contributed by atoms with Crippen LogP contribution >= 0.6 is 15.9 Å². The summed E-state index contributed by atoms with van der Waals surface area (Å²) >= 11 is 3.43. The zero-order valence-corrected chi connectivity index (χ0v) is 15.3. The number of nitrogens with one attached hydrogen (secondary N) is 1. The topological polar surface area (TPSA) is 41.3 Å². The van der Waals surface area contributed by atoms with E-state index >= 15 is 0 Å². The molecule has 0 aliphatic heterocycles. The summed E-state index contributed by atoms with van der Waals surface area (Å²) in [5.74, 6) is 0.664. The van der Waals surface area contributed by atoms with Gasteiger partial charge in [0.25, 0.3) is 0 Å². The van der Waals surface area contributed by atoms with Gasteiger partial charge >= 0.3 is 0 Å². The first-order valence-electron chi connectivity index (χ1n) is 7.41. The molecule has 1 aromatic heterocycles. The highest BCUT2D eigenvalue weighted by molar-refractivity contribution is 9.10. The van der Waals surface area contributed by atoms with Crippen LogP contribution in [0.15, 0.2) is 39.4 Å². The summed E-state index contributed by atoms with van der Waals surface area (Å²) in [5, 5.41) is 3.46. The number of benzene rings is 1.